The van der Waals surface area contributed by atoms with Crippen LogP contribution in [-0.2, 0) is 16.0 Å². The summed E-state index contributed by atoms with van der Waals surface area (Å²) in [5.74, 6) is 2.65. The van der Waals surface area contributed by atoms with Gasteiger partial charge in [0, 0.05) is 31.7 Å². The third kappa shape index (κ3) is 4.29. The highest BCUT2D eigenvalue weighted by atomic mass is 16.7. The molecular formula is C21H22N6O4. The number of ether oxygens (including phenoxy) is 3. The molecule has 0 bridgehead atoms. The lowest BCUT2D eigenvalue weighted by molar-refractivity contribution is -0.133. The summed E-state index contributed by atoms with van der Waals surface area (Å²) in [6, 6.07) is 7.65. The van der Waals surface area contributed by atoms with E-state index < -0.39 is 6.10 Å². The molecule has 1 atom stereocenters. The number of benzene rings is 1. The van der Waals surface area contributed by atoms with Crippen LogP contribution in [0.25, 0.3) is 5.95 Å². The first kappa shape index (κ1) is 19.3. The summed E-state index contributed by atoms with van der Waals surface area (Å²) in [6.07, 6.45) is 6.95. The summed E-state index contributed by atoms with van der Waals surface area (Å²) < 4.78 is 18.2. The SMILES string of the molecule is O=C(NCCc1ccc2c(c1)OCO2)C1CN(c2ccnc(-n3ccnc3)n2)CCO1. The molecule has 1 unspecified atom stereocenters. The maximum absolute atomic E-state index is 12.7. The van der Waals surface area contributed by atoms with Gasteiger partial charge in [0.1, 0.15) is 12.1 Å². The van der Waals surface area contributed by atoms with Crippen molar-refractivity contribution in [2.75, 3.05) is 37.9 Å². The van der Waals surface area contributed by atoms with Crippen LogP contribution in [-0.4, -0.2) is 64.6 Å². The Labute approximate surface area is 178 Å². The molecule has 1 saturated heterocycles. The quantitative estimate of drug-likeness (QED) is 0.626. The summed E-state index contributed by atoms with van der Waals surface area (Å²) in [7, 11) is 0. The van der Waals surface area contributed by atoms with E-state index >= 15 is 0 Å². The number of hydrogen-bond acceptors (Lipinski definition) is 8. The number of nitrogens with one attached hydrogen (secondary N) is 1. The molecule has 3 aromatic rings. The van der Waals surface area contributed by atoms with Gasteiger partial charge in [0.2, 0.25) is 12.7 Å². The van der Waals surface area contributed by atoms with Gasteiger partial charge in [-0.1, -0.05) is 6.07 Å². The molecule has 31 heavy (non-hydrogen) atoms. The van der Waals surface area contributed by atoms with E-state index in [1.165, 1.54) is 0 Å². The number of morpholine rings is 1. The van der Waals surface area contributed by atoms with E-state index in [9.17, 15) is 4.79 Å². The normalized spacial score (nSPS) is 17.5. The van der Waals surface area contributed by atoms with Crippen LogP contribution in [0.4, 0.5) is 5.82 Å². The van der Waals surface area contributed by atoms with E-state index in [1.54, 1.807) is 29.5 Å². The van der Waals surface area contributed by atoms with Gasteiger partial charge in [-0.3, -0.25) is 9.36 Å². The first-order chi connectivity index (χ1) is 15.3. The maximum Gasteiger partial charge on any atom is 0.250 e. The summed E-state index contributed by atoms with van der Waals surface area (Å²) in [5, 5.41) is 2.97. The Kier molecular flexibility index (Phi) is 5.36. The number of imidazole rings is 1. The van der Waals surface area contributed by atoms with Crippen molar-refractivity contribution in [3.8, 4) is 17.4 Å². The van der Waals surface area contributed by atoms with Crippen LogP contribution in [0.1, 0.15) is 5.56 Å². The van der Waals surface area contributed by atoms with Crippen LogP contribution in [0.3, 0.4) is 0 Å². The van der Waals surface area contributed by atoms with Crippen molar-refractivity contribution in [3.63, 3.8) is 0 Å². The van der Waals surface area contributed by atoms with Gasteiger partial charge in [-0.25, -0.2) is 9.97 Å². The minimum Gasteiger partial charge on any atom is -0.454 e. The minimum absolute atomic E-state index is 0.130. The van der Waals surface area contributed by atoms with Gasteiger partial charge >= 0.3 is 0 Å². The number of amides is 1. The maximum atomic E-state index is 12.7. The third-order valence-electron chi connectivity index (χ3n) is 5.20. The van der Waals surface area contributed by atoms with E-state index in [0.717, 1.165) is 22.9 Å². The van der Waals surface area contributed by atoms with Crippen molar-refractivity contribution in [2.45, 2.75) is 12.5 Å². The van der Waals surface area contributed by atoms with E-state index in [0.29, 0.717) is 38.6 Å². The standard InChI is InChI=1S/C21H22N6O4/c28-20(23-5-3-15-1-2-16-17(11-15)31-14-30-16)18-12-26(9-10-29-18)19-4-6-24-21(25-19)27-8-7-22-13-27/h1-2,4,6-8,11,13,18H,3,5,9-10,12,14H2,(H,23,28). The molecule has 4 heterocycles. The number of hydrogen-bond donors (Lipinski definition) is 1. The lowest BCUT2D eigenvalue weighted by atomic mass is 10.1. The number of aromatic nitrogens is 4. The number of rotatable bonds is 6. The molecule has 10 nitrogen and oxygen atoms in total. The lowest BCUT2D eigenvalue weighted by Gasteiger charge is -2.33. The Morgan fingerprint density at radius 3 is 3.03 bits per heavy atom. The number of carbonyl (C=O) groups is 1. The van der Waals surface area contributed by atoms with Crippen molar-refractivity contribution in [1.29, 1.82) is 0 Å². The number of carbonyl (C=O) groups excluding carboxylic acids is 1. The molecule has 10 heteroatoms. The second-order valence-corrected chi connectivity index (χ2v) is 7.22. The molecule has 1 amide bonds. The van der Waals surface area contributed by atoms with Gasteiger partial charge in [-0.2, -0.15) is 4.98 Å². The second kappa shape index (κ2) is 8.60. The molecule has 0 spiro atoms. The molecule has 5 rings (SSSR count). The second-order valence-electron chi connectivity index (χ2n) is 7.22. The molecule has 0 saturated carbocycles. The van der Waals surface area contributed by atoms with E-state index in [-0.39, 0.29) is 12.7 Å². The Morgan fingerprint density at radius 1 is 1.19 bits per heavy atom. The molecule has 2 aliphatic rings. The van der Waals surface area contributed by atoms with Gasteiger partial charge in [-0.05, 0) is 30.2 Å². The van der Waals surface area contributed by atoms with Crippen molar-refractivity contribution < 1.29 is 19.0 Å². The fourth-order valence-corrected chi connectivity index (χ4v) is 3.57. The summed E-state index contributed by atoms with van der Waals surface area (Å²) in [6.45, 7) is 2.29. The highest BCUT2D eigenvalue weighted by Gasteiger charge is 2.27. The average Bonchev–Trinajstić information content (AvgIpc) is 3.51. The zero-order chi connectivity index (χ0) is 21.0. The highest BCUT2D eigenvalue weighted by molar-refractivity contribution is 5.81. The summed E-state index contributed by atoms with van der Waals surface area (Å²) in [5.41, 5.74) is 1.07. The van der Waals surface area contributed by atoms with Gasteiger partial charge in [-0.15, -0.1) is 0 Å². The van der Waals surface area contributed by atoms with Gasteiger partial charge in [0.25, 0.3) is 5.91 Å². The number of nitrogens with zero attached hydrogens (tertiary/aromatic N) is 5. The fourth-order valence-electron chi connectivity index (χ4n) is 3.57. The smallest absolute Gasteiger partial charge is 0.250 e. The summed E-state index contributed by atoms with van der Waals surface area (Å²) in [4.78, 5) is 27.6. The Morgan fingerprint density at radius 2 is 2.13 bits per heavy atom. The lowest BCUT2D eigenvalue weighted by Crippen LogP contribution is -2.50. The minimum atomic E-state index is -0.558. The van der Waals surface area contributed by atoms with Crippen LogP contribution in [0.15, 0.2) is 49.2 Å². The zero-order valence-electron chi connectivity index (χ0n) is 16.8. The first-order valence-corrected chi connectivity index (χ1v) is 10.1. The van der Waals surface area contributed by atoms with E-state index in [1.807, 2.05) is 29.2 Å². The van der Waals surface area contributed by atoms with Crippen LogP contribution in [0.2, 0.25) is 0 Å². The zero-order valence-corrected chi connectivity index (χ0v) is 16.8. The molecular weight excluding hydrogens is 400 g/mol. The monoisotopic (exact) mass is 422 g/mol. The molecule has 1 aromatic carbocycles. The predicted molar refractivity (Wildman–Crippen MR) is 110 cm³/mol. The van der Waals surface area contributed by atoms with Gasteiger partial charge < -0.3 is 24.4 Å². The van der Waals surface area contributed by atoms with Gasteiger partial charge in [0.05, 0.1) is 13.2 Å². The Hall–Kier alpha value is -3.66. The number of fused-ring (bicyclic) bond motifs is 1. The van der Waals surface area contributed by atoms with Crippen molar-refractivity contribution in [3.05, 3.63) is 54.7 Å². The third-order valence-corrected chi connectivity index (χ3v) is 5.20. The largest absolute Gasteiger partial charge is 0.454 e. The van der Waals surface area contributed by atoms with Crippen LogP contribution >= 0.6 is 0 Å². The van der Waals surface area contributed by atoms with Crippen LogP contribution < -0.4 is 19.7 Å². The van der Waals surface area contributed by atoms with Crippen LogP contribution in [0, 0.1) is 0 Å². The highest BCUT2D eigenvalue weighted by Crippen LogP contribution is 2.32. The summed E-state index contributed by atoms with van der Waals surface area (Å²) >= 11 is 0. The first-order valence-electron chi connectivity index (χ1n) is 10.1. The number of anilines is 1. The van der Waals surface area contributed by atoms with Gasteiger partial charge in [0.15, 0.2) is 17.6 Å². The van der Waals surface area contributed by atoms with Crippen molar-refractivity contribution in [2.24, 2.45) is 0 Å². The fraction of sp³-hybridized carbons (Fsp3) is 0.333. The van der Waals surface area contributed by atoms with Crippen LogP contribution in [0.5, 0.6) is 11.5 Å². The molecule has 1 N–H and O–H groups in total. The Bertz CT molecular complexity index is 1060. The van der Waals surface area contributed by atoms with Crippen molar-refractivity contribution in [1.82, 2.24) is 24.8 Å². The molecule has 0 aliphatic carbocycles. The molecule has 160 valence electrons. The Balaban J connectivity index is 1.17. The van der Waals surface area contributed by atoms with E-state index in [4.69, 9.17) is 14.2 Å². The molecule has 2 aliphatic heterocycles. The van der Waals surface area contributed by atoms with Crippen molar-refractivity contribution >= 4 is 11.7 Å². The average molecular weight is 422 g/mol. The molecule has 2 aromatic heterocycles. The van der Waals surface area contributed by atoms with E-state index in [2.05, 4.69) is 20.3 Å². The topological polar surface area (TPSA) is 104 Å². The molecule has 1 fully saturated rings. The predicted octanol–water partition coefficient (Wildman–Crippen LogP) is 0.955. The molecule has 0 radical (unpaired) electrons.